The van der Waals surface area contributed by atoms with Crippen LogP contribution in [0, 0.1) is 6.07 Å². The minimum absolute atomic E-state index is 0. The van der Waals surface area contributed by atoms with E-state index in [0.717, 1.165) is 0 Å². The second-order valence-corrected chi connectivity index (χ2v) is 6.01. The van der Waals surface area contributed by atoms with E-state index in [9.17, 15) is 0 Å². The van der Waals surface area contributed by atoms with Crippen LogP contribution in [0.25, 0.3) is 0 Å². The first-order chi connectivity index (χ1) is 6.21. The van der Waals surface area contributed by atoms with Crippen molar-refractivity contribution < 1.29 is 32.7 Å². The summed E-state index contributed by atoms with van der Waals surface area (Å²) < 4.78 is 0. The van der Waals surface area contributed by atoms with Crippen LogP contribution < -0.4 is 0 Å². The molecular formula is C14H21Y-. The van der Waals surface area contributed by atoms with Gasteiger partial charge in [0, 0.05) is 32.7 Å². The SMILES string of the molecule is CC(C)(C)c1c[c-]cc(C(C)(C)C)c1.[Y]. The molecule has 1 rings (SSSR count). The molecule has 0 aliphatic heterocycles. The third kappa shape index (κ3) is 4.37. The molecule has 1 aromatic carbocycles. The molecule has 0 heterocycles. The molecule has 0 aromatic heterocycles. The van der Waals surface area contributed by atoms with Gasteiger partial charge in [-0.15, -0.1) is 0 Å². The smallest absolute Gasteiger partial charge is 0 e. The van der Waals surface area contributed by atoms with Crippen LogP contribution in [0.3, 0.4) is 0 Å². The van der Waals surface area contributed by atoms with Crippen LogP contribution in [0.4, 0.5) is 0 Å². The molecule has 1 radical (unpaired) electrons. The van der Waals surface area contributed by atoms with E-state index in [0.29, 0.717) is 0 Å². The minimum Gasteiger partial charge on any atom is -0.183 e. The van der Waals surface area contributed by atoms with Crippen molar-refractivity contribution >= 4 is 0 Å². The summed E-state index contributed by atoms with van der Waals surface area (Å²) in [5.74, 6) is 0. The molecule has 0 aliphatic carbocycles. The zero-order chi connectivity index (χ0) is 11.0. The normalized spacial score (nSPS) is 12.1. The monoisotopic (exact) mass is 278 g/mol. The van der Waals surface area contributed by atoms with Crippen LogP contribution in [0.2, 0.25) is 0 Å². The summed E-state index contributed by atoms with van der Waals surface area (Å²) in [7, 11) is 0. The van der Waals surface area contributed by atoms with Crippen molar-refractivity contribution in [2.75, 3.05) is 0 Å². The number of benzene rings is 1. The van der Waals surface area contributed by atoms with E-state index < -0.39 is 0 Å². The Kier molecular flexibility index (Phi) is 5.21. The Balaban J connectivity index is 0.00000196. The maximum absolute atomic E-state index is 3.24. The van der Waals surface area contributed by atoms with E-state index in [1.165, 1.54) is 11.1 Å². The molecule has 1 aromatic rings. The van der Waals surface area contributed by atoms with Crippen LogP contribution in [-0.4, -0.2) is 0 Å². The molecule has 0 atom stereocenters. The van der Waals surface area contributed by atoms with E-state index in [4.69, 9.17) is 0 Å². The average molecular weight is 278 g/mol. The number of hydrogen-bond donors (Lipinski definition) is 0. The largest absolute Gasteiger partial charge is 0.183 e. The third-order valence-corrected chi connectivity index (χ3v) is 2.52. The summed E-state index contributed by atoms with van der Waals surface area (Å²) in [6, 6.07) is 9.73. The zero-order valence-corrected chi connectivity index (χ0v) is 13.6. The van der Waals surface area contributed by atoms with Crippen molar-refractivity contribution in [1.82, 2.24) is 0 Å². The fourth-order valence-electron chi connectivity index (χ4n) is 1.34. The van der Waals surface area contributed by atoms with Crippen molar-refractivity contribution in [1.29, 1.82) is 0 Å². The zero-order valence-electron chi connectivity index (χ0n) is 10.8. The van der Waals surface area contributed by atoms with E-state index in [2.05, 4.69) is 65.8 Å². The Morgan fingerprint density at radius 3 is 1.40 bits per heavy atom. The van der Waals surface area contributed by atoms with Crippen LogP contribution in [0.15, 0.2) is 18.2 Å². The van der Waals surface area contributed by atoms with Crippen molar-refractivity contribution in [3.8, 4) is 0 Å². The molecule has 81 valence electrons. The van der Waals surface area contributed by atoms with Gasteiger partial charge in [-0.25, -0.2) is 0 Å². The molecule has 0 spiro atoms. The molecule has 0 unspecified atom stereocenters. The molecule has 0 N–H and O–H groups in total. The Morgan fingerprint density at radius 1 is 0.800 bits per heavy atom. The third-order valence-electron chi connectivity index (χ3n) is 2.52. The van der Waals surface area contributed by atoms with Crippen molar-refractivity contribution in [2.24, 2.45) is 0 Å². The number of hydrogen-bond acceptors (Lipinski definition) is 0. The standard InChI is InChI=1S/C14H21.Y/c1-13(2,3)11-8-7-9-12(10-11)14(4,5)6;/h8-10H,1-6H3;/q-1;. The second-order valence-electron chi connectivity index (χ2n) is 6.01. The van der Waals surface area contributed by atoms with E-state index in [-0.39, 0.29) is 43.5 Å². The summed E-state index contributed by atoms with van der Waals surface area (Å²) in [5, 5.41) is 0. The van der Waals surface area contributed by atoms with Gasteiger partial charge in [0.25, 0.3) is 0 Å². The molecule has 15 heavy (non-hydrogen) atoms. The Morgan fingerprint density at radius 2 is 1.13 bits per heavy atom. The maximum atomic E-state index is 3.24. The molecule has 1 heteroatoms. The van der Waals surface area contributed by atoms with Crippen molar-refractivity contribution in [3.63, 3.8) is 0 Å². The first-order valence-corrected chi connectivity index (χ1v) is 5.23. The number of rotatable bonds is 0. The fraction of sp³-hybridized carbons (Fsp3) is 0.571. The van der Waals surface area contributed by atoms with Gasteiger partial charge < -0.3 is 0 Å². The quantitative estimate of drug-likeness (QED) is 0.627. The molecular weight excluding hydrogens is 257 g/mol. The first kappa shape index (κ1) is 15.3. The van der Waals surface area contributed by atoms with Gasteiger partial charge in [-0.2, -0.15) is 35.4 Å². The van der Waals surface area contributed by atoms with E-state index in [1.807, 2.05) is 0 Å². The molecule has 0 aliphatic rings. The molecule has 0 amide bonds. The molecule has 0 bridgehead atoms. The summed E-state index contributed by atoms with van der Waals surface area (Å²) >= 11 is 0. The minimum atomic E-state index is 0. The first-order valence-electron chi connectivity index (χ1n) is 5.23. The van der Waals surface area contributed by atoms with Gasteiger partial charge in [-0.05, 0) is 0 Å². The molecule has 0 saturated carbocycles. The molecule has 0 saturated heterocycles. The Hall–Kier alpha value is 0.324. The second kappa shape index (κ2) is 5.10. The van der Waals surface area contributed by atoms with Crippen molar-refractivity contribution in [3.05, 3.63) is 35.4 Å². The van der Waals surface area contributed by atoms with Crippen molar-refractivity contribution in [2.45, 2.75) is 52.4 Å². The van der Waals surface area contributed by atoms with Gasteiger partial charge in [0.15, 0.2) is 0 Å². The van der Waals surface area contributed by atoms with Crippen LogP contribution in [-0.2, 0) is 43.5 Å². The van der Waals surface area contributed by atoms with Gasteiger partial charge in [0.1, 0.15) is 0 Å². The summed E-state index contributed by atoms with van der Waals surface area (Å²) in [6.45, 7) is 13.4. The predicted octanol–water partition coefficient (Wildman–Crippen LogP) is 4.08. The fourth-order valence-corrected chi connectivity index (χ4v) is 1.34. The predicted molar refractivity (Wildman–Crippen MR) is 62.7 cm³/mol. The average Bonchev–Trinajstić information content (AvgIpc) is 2.01. The van der Waals surface area contributed by atoms with Gasteiger partial charge in [0.2, 0.25) is 0 Å². The summed E-state index contributed by atoms with van der Waals surface area (Å²) in [4.78, 5) is 0. The van der Waals surface area contributed by atoms with Crippen LogP contribution in [0.5, 0.6) is 0 Å². The maximum Gasteiger partial charge on any atom is 0 e. The van der Waals surface area contributed by atoms with Gasteiger partial charge in [-0.3, -0.25) is 0 Å². The Bertz CT molecular complexity index is 284. The topological polar surface area (TPSA) is 0 Å². The molecule has 0 fully saturated rings. The van der Waals surface area contributed by atoms with Gasteiger partial charge >= 0.3 is 0 Å². The van der Waals surface area contributed by atoms with E-state index >= 15 is 0 Å². The molecule has 0 nitrogen and oxygen atoms in total. The summed E-state index contributed by atoms with van der Waals surface area (Å²) in [6.07, 6.45) is 0. The van der Waals surface area contributed by atoms with Gasteiger partial charge in [-0.1, -0.05) is 52.4 Å². The Labute approximate surface area is 120 Å². The van der Waals surface area contributed by atoms with Crippen LogP contribution >= 0.6 is 0 Å². The van der Waals surface area contributed by atoms with Crippen LogP contribution in [0.1, 0.15) is 52.7 Å². The van der Waals surface area contributed by atoms with E-state index in [1.54, 1.807) is 0 Å². The van der Waals surface area contributed by atoms with Gasteiger partial charge in [0.05, 0.1) is 0 Å². The summed E-state index contributed by atoms with van der Waals surface area (Å²) in [5.41, 5.74) is 3.17.